The van der Waals surface area contributed by atoms with Crippen molar-refractivity contribution in [1.29, 1.82) is 0 Å². The first kappa shape index (κ1) is 16.5. The zero-order valence-electron chi connectivity index (χ0n) is 14.6. The van der Waals surface area contributed by atoms with Gasteiger partial charge in [0.1, 0.15) is 5.82 Å². The Balaban J connectivity index is 1.66. The maximum Gasteiger partial charge on any atom is 0.226 e. The highest BCUT2D eigenvalue weighted by atomic mass is 32.1. The van der Waals surface area contributed by atoms with Crippen molar-refractivity contribution in [2.24, 2.45) is 0 Å². The van der Waals surface area contributed by atoms with Crippen LogP contribution in [-0.2, 0) is 9.53 Å². The van der Waals surface area contributed by atoms with Gasteiger partial charge in [-0.05, 0) is 17.0 Å². The van der Waals surface area contributed by atoms with E-state index in [2.05, 4.69) is 48.3 Å². The lowest BCUT2D eigenvalue weighted by Crippen LogP contribution is -2.36. The average Bonchev–Trinajstić information content (AvgIpc) is 3.05. The van der Waals surface area contributed by atoms with Gasteiger partial charge >= 0.3 is 0 Å². The number of amides is 1. The summed E-state index contributed by atoms with van der Waals surface area (Å²) < 4.78 is 5.43. The van der Waals surface area contributed by atoms with Gasteiger partial charge in [0.25, 0.3) is 0 Å². The summed E-state index contributed by atoms with van der Waals surface area (Å²) in [6.45, 7) is 7.56. The summed E-state index contributed by atoms with van der Waals surface area (Å²) >= 11 is 1.70. The fourth-order valence-electron chi connectivity index (χ4n) is 3.38. The molecule has 6 heteroatoms. The first-order chi connectivity index (χ1) is 12.1. The lowest BCUT2D eigenvalue weighted by molar-refractivity contribution is -0.116. The van der Waals surface area contributed by atoms with Crippen LogP contribution in [0, 0.1) is 0 Å². The van der Waals surface area contributed by atoms with Crippen LogP contribution in [-0.4, -0.2) is 37.2 Å². The van der Waals surface area contributed by atoms with E-state index in [1.54, 1.807) is 11.3 Å². The molecule has 2 aliphatic heterocycles. The first-order valence-corrected chi connectivity index (χ1v) is 9.66. The van der Waals surface area contributed by atoms with E-state index >= 15 is 0 Å². The summed E-state index contributed by atoms with van der Waals surface area (Å²) in [5, 5.41) is 3.94. The third-order valence-electron chi connectivity index (χ3n) is 4.89. The van der Waals surface area contributed by atoms with E-state index < -0.39 is 0 Å². The number of benzene rings is 1. The fourth-order valence-corrected chi connectivity index (χ4v) is 4.58. The highest BCUT2D eigenvalue weighted by molar-refractivity contribution is 7.16. The molecule has 0 saturated carbocycles. The minimum atomic E-state index is 0.0456. The average molecular weight is 357 g/mol. The van der Waals surface area contributed by atoms with Crippen molar-refractivity contribution >= 4 is 28.2 Å². The molecular weight excluding hydrogens is 334 g/mol. The Labute approximate surface area is 152 Å². The summed E-state index contributed by atoms with van der Waals surface area (Å²) in [4.78, 5) is 20.3. The Morgan fingerprint density at radius 1 is 1.24 bits per heavy atom. The molecule has 0 aliphatic carbocycles. The Bertz CT molecular complexity index is 763. The van der Waals surface area contributed by atoms with Crippen LogP contribution in [0.15, 0.2) is 24.3 Å². The molecule has 1 fully saturated rings. The molecule has 0 radical (unpaired) electrons. The number of aromatic nitrogens is 1. The molecule has 4 rings (SSSR count). The second-order valence-electron chi connectivity index (χ2n) is 6.93. The molecule has 2 aliphatic rings. The van der Waals surface area contributed by atoms with Crippen molar-refractivity contribution < 1.29 is 9.53 Å². The topological polar surface area (TPSA) is 54.5 Å². The van der Waals surface area contributed by atoms with Crippen LogP contribution in [0.2, 0.25) is 0 Å². The summed E-state index contributed by atoms with van der Waals surface area (Å²) in [7, 11) is 0. The first-order valence-electron chi connectivity index (χ1n) is 8.85. The zero-order valence-corrected chi connectivity index (χ0v) is 15.4. The Kier molecular flexibility index (Phi) is 4.48. The van der Waals surface area contributed by atoms with Gasteiger partial charge in [0.15, 0.2) is 5.13 Å². The molecule has 1 atom stereocenters. The number of fused-ring (bicyclic) bond motifs is 1. The molecule has 5 nitrogen and oxygen atoms in total. The van der Waals surface area contributed by atoms with Crippen LogP contribution < -0.4 is 10.2 Å². The van der Waals surface area contributed by atoms with E-state index in [0.717, 1.165) is 37.3 Å². The summed E-state index contributed by atoms with van der Waals surface area (Å²) in [6, 6.07) is 8.68. The standard InChI is InChI=1S/C19H23N3O2S/c1-12(2)13-3-5-14(6-4-13)15-11-16(23)20-18-17(15)25-19(21-18)22-7-9-24-10-8-22/h3-6,12,15H,7-11H2,1-2H3,(H,20,23)/t15-/m1/s1. The normalized spacial score (nSPS) is 20.5. The van der Waals surface area contributed by atoms with E-state index in [-0.39, 0.29) is 11.8 Å². The molecule has 2 aromatic rings. The van der Waals surface area contributed by atoms with Gasteiger partial charge in [-0.1, -0.05) is 49.4 Å². The molecule has 0 spiro atoms. The molecule has 0 unspecified atom stereocenters. The minimum absolute atomic E-state index is 0.0456. The number of nitrogens with one attached hydrogen (secondary N) is 1. The van der Waals surface area contributed by atoms with Crippen molar-refractivity contribution in [2.45, 2.75) is 32.1 Å². The highest BCUT2D eigenvalue weighted by Gasteiger charge is 2.31. The Morgan fingerprint density at radius 3 is 2.64 bits per heavy atom. The Morgan fingerprint density at radius 2 is 1.96 bits per heavy atom. The molecular formula is C19H23N3O2S. The van der Waals surface area contributed by atoms with Gasteiger partial charge < -0.3 is 15.0 Å². The number of morpholine rings is 1. The minimum Gasteiger partial charge on any atom is -0.378 e. The fraction of sp³-hybridized carbons (Fsp3) is 0.474. The largest absolute Gasteiger partial charge is 0.378 e. The van der Waals surface area contributed by atoms with Crippen LogP contribution in [0.1, 0.15) is 48.1 Å². The number of rotatable bonds is 3. The lowest BCUT2D eigenvalue weighted by Gasteiger charge is -2.26. The molecule has 1 aromatic heterocycles. The molecule has 1 saturated heterocycles. The third kappa shape index (κ3) is 3.28. The molecule has 1 amide bonds. The van der Waals surface area contributed by atoms with Crippen LogP contribution >= 0.6 is 11.3 Å². The van der Waals surface area contributed by atoms with Crippen molar-refractivity contribution in [1.82, 2.24) is 4.98 Å². The van der Waals surface area contributed by atoms with Gasteiger partial charge in [0.05, 0.1) is 18.1 Å². The van der Waals surface area contributed by atoms with Crippen LogP contribution in [0.4, 0.5) is 10.9 Å². The van der Waals surface area contributed by atoms with Crippen LogP contribution in [0.3, 0.4) is 0 Å². The molecule has 132 valence electrons. The van der Waals surface area contributed by atoms with Crippen molar-refractivity contribution in [3.63, 3.8) is 0 Å². The second kappa shape index (κ2) is 6.77. The quantitative estimate of drug-likeness (QED) is 0.912. The molecule has 25 heavy (non-hydrogen) atoms. The van der Waals surface area contributed by atoms with Gasteiger partial charge in [0, 0.05) is 25.4 Å². The molecule has 1 N–H and O–H groups in total. The number of thiazole rings is 1. The predicted molar refractivity (Wildman–Crippen MR) is 101 cm³/mol. The summed E-state index contributed by atoms with van der Waals surface area (Å²) in [5.41, 5.74) is 2.51. The molecule has 1 aromatic carbocycles. The smallest absolute Gasteiger partial charge is 0.226 e. The number of hydrogen-bond donors (Lipinski definition) is 1. The monoisotopic (exact) mass is 357 g/mol. The van der Waals surface area contributed by atoms with Crippen LogP contribution in [0.5, 0.6) is 0 Å². The third-order valence-corrected chi connectivity index (χ3v) is 6.12. The molecule has 3 heterocycles. The van der Waals surface area contributed by atoms with Crippen LogP contribution in [0.25, 0.3) is 0 Å². The number of hydrogen-bond acceptors (Lipinski definition) is 5. The van der Waals surface area contributed by atoms with E-state index in [9.17, 15) is 4.79 Å². The maximum absolute atomic E-state index is 12.2. The van der Waals surface area contributed by atoms with Gasteiger partial charge in [-0.15, -0.1) is 0 Å². The number of carbonyl (C=O) groups excluding carboxylic acids is 1. The van der Waals surface area contributed by atoms with Crippen molar-refractivity contribution in [3.8, 4) is 0 Å². The summed E-state index contributed by atoms with van der Waals surface area (Å²) in [5.74, 6) is 1.39. The number of ether oxygens (including phenoxy) is 1. The Hall–Kier alpha value is -1.92. The number of carbonyl (C=O) groups is 1. The van der Waals surface area contributed by atoms with Gasteiger partial charge in [0.2, 0.25) is 5.91 Å². The predicted octanol–water partition coefficient (Wildman–Crippen LogP) is 3.58. The highest BCUT2D eigenvalue weighted by Crippen LogP contribution is 2.43. The van der Waals surface area contributed by atoms with E-state index in [1.807, 2.05) is 0 Å². The van der Waals surface area contributed by atoms with Gasteiger partial charge in [-0.2, -0.15) is 0 Å². The van der Waals surface area contributed by atoms with Gasteiger partial charge in [-0.25, -0.2) is 4.98 Å². The maximum atomic E-state index is 12.2. The second-order valence-corrected chi connectivity index (χ2v) is 7.94. The van der Waals surface area contributed by atoms with Crippen molar-refractivity contribution in [3.05, 3.63) is 40.3 Å². The summed E-state index contributed by atoms with van der Waals surface area (Å²) in [6.07, 6.45) is 0.485. The van der Waals surface area contributed by atoms with Gasteiger partial charge in [-0.3, -0.25) is 4.79 Å². The SMILES string of the molecule is CC(C)c1ccc([C@H]2CC(=O)Nc3nc(N4CCOCC4)sc32)cc1. The molecule has 0 bridgehead atoms. The zero-order chi connectivity index (χ0) is 17.4. The van der Waals surface area contributed by atoms with E-state index in [1.165, 1.54) is 16.0 Å². The van der Waals surface area contributed by atoms with Crippen molar-refractivity contribution in [2.75, 3.05) is 36.5 Å². The van der Waals surface area contributed by atoms with E-state index in [4.69, 9.17) is 9.72 Å². The van der Waals surface area contributed by atoms with E-state index in [0.29, 0.717) is 12.3 Å². The number of nitrogens with zero attached hydrogens (tertiary/aromatic N) is 2. The lowest BCUT2D eigenvalue weighted by atomic mass is 9.90. The number of anilines is 2.